The molecule has 6 saturated heterocycles. The van der Waals surface area contributed by atoms with E-state index < -0.39 is 40.7 Å². The van der Waals surface area contributed by atoms with Gasteiger partial charge >= 0.3 is 17.8 Å². The van der Waals surface area contributed by atoms with Crippen LogP contribution in [0.2, 0.25) is 0 Å². The Balaban J connectivity index is 0.660. The van der Waals surface area contributed by atoms with E-state index in [1.807, 2.05) is 25.7 Å². The monoisotopic (exact) mass is 1180 g/mol. The van der Waals surface area contributed by atoms with Gasteiger partial charge in [-0.1, -0.05) is 12.0 Å². The second-order valence-electron chi connectivity index (χ2n) is 25.4. The Bertz CT molecular complexity index is 3670. The predicted octanol–water partition coefficient (Wildman–Crippen LogP) is 8.56. The number of fused-ring (bicyclic) bond motifs is 5. The highest BCUT2D eigenvalue weighted by Crippen LogP contribution is 2.42. The van der Waals surface area contributed by atoms with E-state index in [9.17, 15) is 19.2 Å². The number of nitrogens with zero attached hydrogens (tertiary/aromatic N) is 10. The molecule has 3 unspecified atom stereocenters. The fourth-order valence-electron chi connectivity index (χ4n) is 14.4. The minimum absolute atomic E-state index is 0.00978. The lowest BCUT2D eigenvalue weighted by Crippen LogP contribution is -2.57. The number of piperidine rings is 4. The van der Waals surface area contributed by atoms with Crippen LogP contribution in [0.15, 0.2) is 47.4 Å². The number of carbonyl (C=O) groups is 3. The highest BCUT2D eigenvalue weighted by molar-refractivity contribution is 6.03. The number of aromatic nitrogens is 5. The Morgan fingerprint density at radius 3 is 2.19 bits per heavy atom. The number of methoxy groups -OCH3 is 1. The van der Waals surface area contributed by atoms with E-state index in [4.69, 9.17) is 35.3 Å². The van der Waals surface area contributed by atoms with Crippen molar-refractivity contribution in [1.82, 2.24) is 44.1 Å². The number of terminal acetylenes is 1. The van der Waals surface area contributed by atoms with Crippen molar-refractivity contribution in [3.8, 4) is 35.4 Å². The van der Waals surface area contributed by atoms with Crippen LogP contribution >= 0.6 is 0 Å². The summed E-state index contributed by atoms with van der Waals surface area (Å²) in [5.74, 6) is 2.30. The van der Waals surface area contributed by atoms with Gasteiger partial charge in [-0.15, -0.1) is 6.42 Å². The Hall–Kier alpha value is -7.48. The second kappa shape index (κ2) is 24.4. The summed E-state index contributed by atoms with van der Waals surface area (Å²) in [6, 6.07) is 8.37. The van der Waals surface area contributed by atoms with Crippen LogP contribution in [0.4, 0.5) is 29.5 Å². The van der Waals surface area contributed by atoms with Gasteiger partial charge in [0.05, 0.1) is 34.2 Å². The Kier molecular flexibility index (Phi) is 16.7. The van der Waals surface area contributed by atoms with E-state index >= 15 is 13.2 Å². The number of halogens is 3. The average molecular weight is 1180 g/mol. The second-order valence-corrected chi connectivity index (χ2v) is 25.4. The van der Waals surface area contributed by atoms with Crippen molar-refractivity contribution in [2.45, 2.75) is 115 Å². The third kappa shape index (κ3) is 11.8. The topological polar surface area (TPSA) is 182 Å². The number of pyridine rings is 1. The summed E-state index contributed by atoms with van der Waals surface area (Å²) < 4.78 is 75.0. The van der Waals surface area contributed by atoms with Gasteiger partial charge in [-0.05, 0) is 165 Å². The van der Waals surface area contributed by atoms with Crippen molar-refractivity contribution < 1.29 is 46.5 Å². The number of amides is 3. The van der Waals surface area contributed by atoms with Crippen molar-refractivity contribution in [2.24, 2.45) is 24.8 Å². The molecule has 9 heterocycles. The maximum atomic E-state index is 17.6. The third-order valence-electron chi connectivity index (χ3n) is 18.7. The molecular formula is C64H76F3N11O8. The molecule has 6 aromatic rings. The lowest BCUT2D eigenvalue weighted by Gasteiger charge is -2.42. The largest absolute Gasteiger partial charge is 0.468 e. The zero-order chi connectivity index (χ0) is 60.1. The standard InChI is InChI=1S/C64H76F3N11O8/c1-7-45-48(65)11-8-41-31-44(85-37-83-6)32-46(53(41)45)56-55(67)57-47(33-68-56)59(76-35-42-9-10-43(36-76)77(42)63(82)86-64(2,3)4)71-61(70-57)84-29-28-73-22-16-38(17-23-73)30-39-18-24-74(25-19-39)34-40-20-26-75(27-21-40)49-12-13-50-58(54(49)66)72(5)62(81)78(50)51-14-15-52(79)69-60(51)80/h1,8,11-13,31-33,38-40,42-43,51H,9-10,14-30,34-37H2,2-6H3,(H,69,79,80). The van der Waals surface area contributed by atoms with Gasteiger partial charge in [0.15, 0.2) is 18.4 Å². The zero-order valence-electron chi connectivity index (χ0n) is 49.7. The van der Waals surface area contributed by atoms with E-state index in [1.54, 1.807) is 30.3 Å². The Labute approximate surface area is 498 Å². The molecule has 22 heteroatoms. The fraction of sp³-hybridized carbons (Fsp3) is 0.547. The summed E-state index contributed by atoms with van der Waals surface area (Å²) in [5, 5.41) is 3.50. The third-order valence-corrected chi connectivity index (χ3v) is 18.7. The van der Waals surface area contributed by atoms with E-state index in [-0.39, 0.29) is 84.2 Å². The summed E-state index contributed by atoms with van der Waals surface area (Å²) in [7, 11) is 3.01. The molecule has 86 heavy (non-hydrogen) atoms. The number of aryl methyl sites for hydroxylation is 1. The first kappa shape index (κ1) is 58.9. The molecular weight excluding hydrogens is 1110 g/mol. The van der Waals surface area contributed by atoms with Gasteiger partial charge in [-0.2, -0.15) is 9.97 Å². The summed E-state index contributed by atoms with van der Waals surface area (Å²) in [4.78, 5) is 76.7. The first-order valence-corrected chi connectivity index (χ1v) is 30.5. The maximum absolute atomic E-state index is 17.6. The lowest BCUT2D eigenvalue weighted by molar-refractivity contribution is -0.135. The SMILES string of the molecule is C#Cc1c(F)ccc2cc(OCOC)cc(-c3ncc4c(N5CC6CCC(C5)N6C(=O)OC(C)(C)C)nc(OCCN5CCC(CC6CCN(CC7CCN(c8ccc9c(c8F)n(C)c(=O)n9C8CCC(=O)NC8=O)CC7)CC6)CC5)nc4c3F)c12. The molecule has 0 spiro atoms. The number of ether oxygens (including phenoxy) is 4. The first-order valence-electron chi connectivity index (χ1n) is 30.5. The fourth-order valence-corrected chi connectivity index (χ4v) is 14.4. The molecule has 2 bridgehead atoms. The number of benzene rings is 3. The first-order chi connectivity index (χ1) is 41.4. The van der Waals surface area contributed by atoms with Crippen molar-refractivity contribution in [3.63, 3.8) is 0 Å². The van der Waals surface area contributed by atoms with E-state index in [2.05, 4.69) is 35.8 Å². The minimum atomic E-state index is -0.870. The molecule has 6 aliphatic heterocycles. The van der Waals surface area contributed by atoms with E-state index in [1.165, 1.54) is 54.8 Å². The quantitative estimate of drug-likeness (QED) is 0.0586. The molecule has 3 atom stereocenters. The smallest absolute Gasteiger partial charge is 0.410 e. The maximum Gasteiger partial charge on any atom is 0.410 e. The highest BCUT2D eigenvalue weighted by Gasteiger charge is 2.45. The van der Waals surface area contributed by atoms with Gasteiger partial charge in [-0.25, -0.2) is 22.8 Å². The van der Waals surface area contributed by atoms with Crippen LogP contribution in [0.25, 0.3) is 44.0 Å². The minimum Gasteiger partial charge on any atom is -0.468 e. The number of likely N-dealkylation sites (tertiary alicyclic amines) is 2. The normalized spacial score (nSPS) is 21.4. The van der Waals surface area contributed by atoms with Gasteiger partial charge < -0.3 is 33.6 Å². The molecule has 19 nitrogen and oxygen atoms in total. The molecule has 6 fully saturated rings. The molecule has 0 radical (unpaired) electrons. The van der Waals surface area contributed by atoms with Gasteiger partial charge in [0, 0.05) is 77.0 Å². The van der Waals surface area contributed by atoms with Crippen molar-refractivity contribution in [3.05, 3.63) is 76.1 Å². The van der Waals surface area contributed by atoms with Gasteiger partial charge in [0.25, 0.3) is 0 Å². The summed E-state index contributed by atoms with van der Waals surface area (Å²) in [5.41, 5.74) is -0.112. The van der Waals surface area contributed by atoms with Crippen molar-refractivity contribution in [2.75, 3.05) is 95.8 Å². The van der Waals surface area contributed by atoms with E-state index in [0.717, 1.165) is 71.2 Å². The van der Waals surface area contributed by atoms with E-state index in [0.29, 0.717) is 89.4 Å². The molecule has 1 N–H and O–H groups in total. The molecule has 3 aromatic heterocycles. The predicted molar refractivity (Wildman–Crippen MR) is 320 cm³/mol. The summed E-state index contributed by atoms with van der Waals surface area (Å²) >= 11 is 0. The number of imide groups is 1. The van der Waals surface area contributed by atoms with Gasteiger partial charge in [0.1, 0.15) is 52.4 Å². The molecule has 0 saturated carbocycles. The number of nitrogens with one attached hydrogen (secondary N) is 1. The summed E-state index contributed by atoms with van der Waals surface area (Å²) in [6.07, 6.45) is 16.6. The van der Waals surface area contributed by atoms with Crippen molar-refractivity contribution >= 4 is 62.1 Å². The number of hydrogen-bond acceptors (Lipinski definition) is 15. The highest BCUT2D eigenvalue weighted by atomic mass is 19.1. The van der Waals surface area contributed by atoms with Crippen LogP contribution in [0, 0.1) is 47.5 Å². The number of imidazole rings is 1. The molecule has 12 rings (SSSR count). The van der Waals surface area contributed by atoms with Crippen LogP contribution in [0.1, 0.15) is 103 Å². The number of hydrogen-bond donors (Lipinski definition) is 1. The molecule has 0 aliphatic carbocycles. The molecule has 6 aliphatic rings. The molecule has 456 valence electrons. The number of anilines is 2. The molecule has 3 aromatic carbocycles. The zero-order valence-corrected chi connectivity index (χ0v) is 49.7. The van der Waals surface area contributed by atoms with Gasteiger partial charge in [0.2, 0.25) is 11.8 Å². The lowest BCUT2D eigenvalue weighted by atomic mass is 9.82. The number of carbonyl (C=O) groups excluding carboxylic acids is 3. The Morgan fingerprint density at radius 1 is 0.814 bits per heavy atom. The molecule has 3 amide bonds. The van der Waals surface area contributed by atoms with Crippen LogP contribution in [-0.4, -0.2) is 160 Å². The number of piperazine rings is 1. The van der Waals surface area contributed by atoms with Crippen LogP contribution in [0.3, 0.4) is 0 Å². The summed E-state index contributed by atoms with van der Waals surface area (Å²) in [6.45, 7) is 13.7. The van der Waals surface area contributed by atoms with Crippen LogP contribution in [-0.2, 0) is 26.1 Å². The van der Waals surface area contributed by atoms with Crippen LogP contribution < -0.4 is 30.3 Å². The van der Waals surface area contributed by atoms with Crippen LogP contribution in [0.5, 0.6) is 11.8 Å². The Morgan fingerprint density at radius 2 is 1.51 bits per heavy atom. The average Bonchev–Trinajstić information content (AvgIpc) is 3.29. The van der Waals surface area contributed by atoms with Gasteiger partial charge in [-0.3, -0.25) is 38.8 Å². The van der Waals surface area contributed by atoms with Crippen molar-refractivity contribution in [1.29, 1.82) is 0 Å². The number of rotatable bonds is 15.